The van der Waals surface area contributed by atoms with Crippen molar-refractivity contribution in [2.24, 2.45) is 56.2 Å². The molecule has 0 aromatic heterocycles. The molecule has 208 valence electrons. The van der Waals surface area contributed by atoms with Crippen LogP contribution < -0.4 is 0 Å². The van der Waals surface area contributed by atoms with E-state index in [9.17, 15) is 19.6 Å². The van der Waals surface area contributed by atoms with Crippen LogP contribution in [0.4, 0.5) is 0 Å². The number of hydrogen-bond acceptors (Lipinski definition) is 6. The predicted octanol–water partition coefficient (Wildman–Crippen LogP) is 5.67. The van der Waals surface area contributed by atoms with Gasteiger partial charge in [-0.05, 0) is 78.9 Å². The Hall–Kier alpha value is -1.74. The number of epoxide rings is 1. The summed E-state index contributed by atoms with van der Waals surface area (Å²) in [6, 6.07) is 2.27. The van der Waals surface area contributed by atoms with Crippen molar-refractivity contribution in [1.29, 1.82) is 5.26 Å². The number of hydrogen-bond donors (Lipinski definition) is 0. The van der Waals surface area contributed by atoms with E-state index in [1.165, 1.54) is 7.11 Å². The maximum absolute atomic E-state index is 14.5. The van der Waals surface area contributed by atoms with Crippen molar-refractivity contribution in [2.45, 2.75) is 112 Å². The zero-order valence-electron chi connectivity index (χ0n) is 24.5. The summed E-state index contributed by atoms with van der Waals surface area (Å²) < 4.78 is 11.6. The Bertz CT molecular complexity index is 1180. The number of carbonyl (C=O) groups excluding carboxylic acids is 3. The summed E-state index contributed by atoms with van der Waals surface area (Å²) >= 11 is 0. The van der Waals surface area contributed by atoms with Gasteiger partial charge in [0.15, 0.2) is 5.78 Å². The first-order valence-electron chi connectivity index (χ1n) is 14.8. The lowest BCUT2D eigenvalue weighted by atomic mass is 9.31. The highest BCUT2D eigenvalue weighted by Gasteiger charge is 2.84. The summed E-state index contributed by atoms with van der Waals surface area (Å²) in [7, 11) is 1.49. The van der Waals surface area contributed by atoms with Crippen LogP contribution in [-0.2, 0) is 23.9 Å². The van der Waals surface area contributed by atoms with E-state index >= 15 is 0 Å². The number of esters is 1. The van der Waals surface area contributed by atoms with Gasteiger partial charge in [0.1, 0.15) is 18.0 Å². The SMILES string of the molecule is COC(=O)[C@]12CCC(C)(C)CC1C1C(=O)C[C@@H]3[C@@]4(C)[C@H]5O[C@@]5(C#N)C(=O)C(C)(C)[C@@H]4CC[C@@]3(C)[C@]1(C)CC2. The monoisotopic (exact) mass is 523 g/mol. The van der Waals surface area contributed by atoms with Crippen LogP contribution in [0.2, 0.25) is 0 Å². The molecular formula is C32H45NO5. The van der Waals surface area contributed by atoms with Gasteiger partial charge in [0.25, 0.3) is 0 Å². The molecule has 0 aromatic rings. The predicted molar refractivity (Wildman–Crippen MR) is 140 cm³/mol. The molecule has 6 rings (SSSR count). The maximum atomic E-state index is 14.5. The fraction of sp³-hybridized carbons (Fsp3) is 0.875. The van der Waals surface area contributed by atoms with Crippen LogP contribution in [0.1, 0.15) is 99.8 Å². The Morgan fingerprint density at radius 2 is 1.61 bits per heavy atom. The van der Waals surface area contributed by atoms with Gasteiger partial charge < -0.3 is 9.47 Å². The second-order valence-corrected chi connectivity index (χ2v) is 16.0. The average Bonchev–Trinajstić information content (AvgIpc) is 3.61. The average molecular weight is 524 g/mol. The highest BCUT2D eigenvalue weighted by atomic mass is 16.6. The van der Waals surface area contributed by atoms with Gasteiger partial charge in [0, 0.05) is 23.2 Å². The molecule has 0 spiro atoms. The molecule has 38 heavy (non-hydrogen) atoms. The Morgan fingerprint density at radius 1 is 0.947 bits per heavy atom. The van der Waals surface area contributed by atoms with E-state index in [-0.39, 0.29) is 57.5 Å². The number of nitrogens with zero attached hydrogens (tertiary/aromatic N) is 1. The summed E-state index contributed by atoms with van der Waals surface area (Å²) in [6.45, 7) is 15.5. The number of Topliss-reactive ketones (excluding diaryl/α,β-unsaturated/α-hetero) is 2. The summed E-state index contributed by atoms with van der Waals surface area (Å²) in [6.07, 6.45) is 6.01. The molecule has 10 atom stereocenters. The van der Waals surface area contributed by atoms with Crippen molar-refractivity contribution in [3.05, 3.63) is 0 Å². The fourth-order valence-electron chi connectivity index (χ4n) is 11.7. The van der Waals surface area contributed by atoms with Gasteiger partial charge in [0.2, 0.25) is 5.60 Å². The van der Waals surface area contributed by atoms with Gasteiger partial charge in [0.05, 0.1) is 12.5 Å². The second kappa shape index (κ2) is 7.31. The number of ketones is 2. The number of carbonyl (C=O) groups is 3. The van der Waals surface area contributed by atoms with Crippen LogP contribution in [0.3, 0.4) is 0 Å². The van der Waals surface area contributed by atoms with E-state index in [1.54, 1.807) is 0 Å². The fourth-order valence-corrected chi connectivity index (χ4v) is 11.7. The first-order chi connectivity index (χ1) is 17.5. The second-order valence-electron chi connectivity index (χ2n) is 16.0. The zero-order valence-corrected chi connectivity index (χ0v) is 24.5. The van der Waals surface area contributed by atoms with E-state index in [1.807, 2.05) is 13.8 Å². The van der Waals surface area contributed by atoms with Crippen LogP contribution in [0, 0.1) is 67.5 Å². The highest BCUT2D eigenvalue weighted by Crippen LogP contribution is 2.78. The minimum absolute atomic E-state index is 0.0204. The van der Waals surface area contributed by atoms with Crippen molar-refractivity contribution in [2.75, 3.05) is 7.11 Å². The Balaban J connectivity index is 1.47. The molecule has 1 saturated heterocycles. The van der Waals surface area contributed by atoms with Crippen molar-refractivity contribution in [3.8, 4) is 6.07 Å². The lowest BCUT2D eigenvalue weighted by Crippen LogP contribution is -2.71. The van der Waals surface area contributed by atoms with Gasteiger partial charge >= 0.3 is 5.97 Å². The molecule has 0 bridgehead atoms. The molecule has 2 unspecified atom stereocenters. The van der Waals surface area contributed by atoms with Crippen molar-refractivity contribution >= 4 is 17.5 Å². The first kappa shape index (κ1) is 26.5. The van der Waals surface area contributed by atoms with E-state index in [0.29, 0.717) is 6.42 Å². The molecule has 1 aliphatic heterocycles. The van der Waals surface area contributed by atoms with Crippen LogP contribution >= 0.6 is 0 Å². The van der Waals surface area contributed by atoms with Crippen molar-refractivity contribution in [1.82, 2.24) is 0 Å². The molecule has 0 radical (unpaired) electrons. The van der Waals surface area contributed by atoms with E-state index in [0.717, 1.165) is 44.9 Å². The standard InChI is InChI=1S/C32H45NO5/c1-26(2)11-13-31(25(36)37-8)14-12-29(6)22(18(31)16-26)19(34)15-21-28(29,5)10-9-20-27(3,4)23(35)32(17-33)24(38-32)30(20,21)7/h18,20-22,24H,9-16H2,1-8H3/t18?,20-,21-,22?,24+,28+,29+,30-,31-,32-/m0/s1. The molecule has 5 aliphatic carbocycles. The maximum Gasteiger partial charge on any atom is 0.312 e. The zero-order chi connectivity index (χ0) is 27.9. The smallest absolute Gasteiger partial charge is 0.312 e. The molecule has 5 saturated carbocycles. The quantitative estimate of drug-likeness (QED) is 0.324. The normalized spacial score (nSPS) is 53.7. The number of rotatable bonds is 1. The summed E-state index contributed by atoms with van der Waals surface area (Å²) in [5, 5.41) is 10.1. The molecule has 1 heterocycles. The highest BCUT2D eigenvalue weighted by molar-refractivity contribution is 6.00. The molecule has 0 aromatic carbocycles. The van der Waals surface area contributed by atoms with Crippen LogP contribution in [0.5, 0.6) is 0 Å². The summed E-state index contributed by atoms with van der Waals surface area (Å²) in [5.41, 5.74) is -3.43. The molecular weight excluding hydrogens is 478 g/mol. The van der Waals surface area contributed by atoms with Gasteiger partial charge in [-0.2, -0.15) is 5.26 Å². The lowest BCUT2D eigenvalue weighted by molar-refractivity contribution is -0.236. The molecule has 6 heteroatoms. The lowest BCUT2D eigenvalue weighted by Gasteiger charge is -2.71. The third-order valence-electron chi connectivity index (χ3n) is 13.9. The summed E-state index contributed by atoms with van der Waals surface area (Å²) in [4.78, 5) is 41.5. The molecule has 6 fully saturated rings. The topological polar surface area (TPSA) is 96.8 Å². The number of nitriles is 1. The third kappa shape index (κ3) is 2.71. The van der Waals surface area contributed by atoms with Crippen molar-refractivity contribution in [3.63, 3.8) is 0 Å². The molecule has 6 aliphatic rings. The van der Waals surface area contributed by atoms with Gasteiger partial charge in [-0.15, -0.1) is 0 Å². The summed E-state index contributed by atoms with van der Waals surface area (Å²) in [5.74, 6) is -0.0617. The van der Waals surface area contributed by atoms with Crippen LogP contribution in [0.25, 0.3) is 0 Å². The van der Waals surface area contributed by atoms with Gasteiger partial charge in [-0.25, -0.2) is 0 Å². The number of ether oxygens (including phenoxy) is 2. The largest absolute Gasteiger partial charge is 0.469 e. The minimum atomic E-state index is -1.37. The van der Waals surface area contributed by atoms with Crippen LogP contribution in [0.15, 0.2) is 0 Å². The van der Waals surface area contributed by atoms with Gasteiger partial charge in [-0.1, -0.05) is 48.5 Å². The first-order valence-corrected chi connectivity index (χ1v) is 14.8. The van der Waals surface area contributed by atoms with Crippen LogP contribution in [-0.4, -0.2) is 36.4 Å². The number of fused-ring (bicyclic) bond motifs is 9. The Kier molecular flexibility index (Phi) is 5.09. The number of methoxy groups -OCH3 is 1. The van der Waals surface area contributed by atoms with Gasteiger partial charge in [-0.3, -0.25) is 14.4 Å². The molecule has 0 N–H and O–H groups in total. The van der Waals surface area contributed by atoms with E-state index < -0.39 is 27.9 Å². The minimum Gasteiger partial charge on any atom is -0.469 e. The Labute approximate surface area is 227 Å². The van der Waals surface area contributed by atoms with E-state index in [2.05, 4.69) is 40.7 Å². The molecule has 0 amide bonds. The van der Waals surface area contributed by atoms with Crippen molar-refractivity contribution < 1.29 is 23.9 Å². The third-order valence-corrected chi connectivity index (χ3v) is 13.9. The van der Waals surface area contributed by atoms with E-state index in [4.69, 9.17) is 9.47 Å². The Morgan fingerprint density at radius 3 is 2.24 bits per heavy atom. The molecule has 6 nitrogen and oxygen atoms in total.